The fourth-order valence-electron chi connectivity index (χ4n) is 2.20. The molecule has 2 aromatic rings. The zero-order valence-electron chi connectivity index (χ0n) is 13.4. The van der Waals surface area contributed by atoms with E-state index < -0.39 is 5.97 Å². The predicted octanol–water partition coefficient (Wildman–Crippen LogP) is 2.27. The van der Waals surface area contributed by atoms with Crippen molar-refractivity contribution in [3.63, 3.8) is 0 Å². The van der Waals surface area contributed by atoms with Crippen LogP contribution in [0.15, 0.2) is 18.3 Å². The molecule has 0 aliphatic carbocycles. The number of rotatable bonds is 6. The van der Waals surface area contributed by atoms with Crippen LogP contribution in [0, 0.1) is 0 Å². The number of halogens is 2. The number of quaternary nitrogens is 1. The number of aromatic nitrogens is 1. The molecule has 124 valence electrons. The van der Waals surface area contributed by atoms with Crippen LogP contribution in [-0.4, -0.2) is 44.7 Å². The summed E-state index contributed by atoms with van der Waals surface area (Å²) in [6.45, 7) is 3.67. The highest BCUT2D eigenvalue weighted by atomic mass is 35.5. The minimum atomic E-state index is -0.410. The summed E-state index contributed by atoms with van der Waals surface area (Å²) in [6, 6.07) is 3.51. The third-order valence-corrected chi connectivity index (χ3v) is 4.15. The molecule has 1 heterocycles. The quantitative estimate of drug-likeness (QED) is 0.779. The largest absolute Gasteiger partial charge is 0.462 e. The fourth-order valence-corrected chi connectivity index (χ4v) is 2.56. The van der Waals surface area contributed by atoms with E-state index in [4.69, 9.17) is 27.9 Å². The molecule has 0 atom stereocenters. The number of nitrogens with one attached hydrogen (secondary N) is 2. The third kappa shape index (κ3) is 4.05. The van der Waals surface area contributed by atoms with Gasteiger partial charge in [0.25, 0.3) is 0 Å². The Labute approximate surface area is 145 Å². The maximum Gasteiger partial charge on any atom is 0.341 e. The number of anilines is 1. The summed E-state index contributed by atoms with van der Waals surface area (Å²) < 4.78 is 5.12. The molecular formula is C16H20Cl2N3O2+. The van der Waals surface area contributed by atoms with Crippen LogP contribution >= 0.6 is 23.2 Å². The highest BCUT2D eigenvalue weighted by Gasteiger charge is 2.18. The van der Waals surface area contributed by atoms with Crippen LogP contribution in [0.4, 0.5) is 5.69 Å². The molecule has 0 unspecified atom stereocenters. The van der Waals surface area contributed by atoms with E-state index in [2.05, 4.69) is 24.4 Å². The highest BCUT2D eigenvalue weighted by Crippen LogP contribution is 2.34. The number of hydrogen-bond donors (Lipinski definition) is 2. The van der Waals surface area contributed by atoms with Crippen molar-refractivity contribution in [1.29, 1.82) is 0 Å². The summed E-state index contributed by atoms with van der Waals surface area (Å²) in [6.07, 6.45) is 1.48. The van der Waals surface area contributed by atoms with Crippen molar-refractivity contribution in [3.05, 3.63) is 33.9 Å². The summed E-state index contributed by atoms with van der Waals surface area (Å²) >= 11 is 12.3. The van der Waals surface area contributed by atoms with Gasteiger partial charge < -0.3 is 15.0 Å². The van der Waals surface area contributed by atoms with E-state index >= 15 is 0 Å². The number of hydrogen-bond acceptors (Lipinski definition) is 4. The number of pyridine rings is 1. The van der Waals surface area contributed by atoms with E-state index in [1.54, 1.807) is 13.0 Å². The van der Waals surface area contributed by atoms with Gasteiger partial charge in [0.05, 0.1) is 55.0 Å². The van der Waals surface area contributed by atoms with Crippen LogP contribution in [-0.2, 0) is 4.74 Å². The third-order valence-electron chi connectivity index (χ3n) is 3.35. The minimum absolute atomic E-state index is 0.305. The van der Waals surface area contributed by atoms with Gasteiger partial charge in [-0.25, -0.2) is 4.79 Å². The fraction of sp³-hybridized carbons (Fsp3) is 0.375. The molecule has 0 bridgehead atoms. The predicted molar refractivity (Wildman–Crippen MR) is 93.9 cm³/mol. The summed E-state index contributed by atoms with van der Waals surface area (Å²) in [5.41, 5.74) is 1.63. The zero-order chi connectivity index (χ0) is 17.0. The van der Waals surface area contributed by atoms with Gasteiger partial charge in [-0.15, -0.1) is 0 Å². The summed E-state index contributed by atoms with van der Waals surface area (Å²) in [4.78, 5) is 17.8. The molecule has 7 heteroatoms. The molecule has 23 heavy (non-hydrogen) atoms. The first-order valence-electron chi connectivity index (χ1n) is 7.42. The van der Waals surface area contributed by atoms with Crippen molar-refractivity contribution in [2.75, 3.05) is 39.1 Å². The monoisotopic (exact) mass is 356 g/mol. The van der Waals surface area contributed by atoms with E-state index in [1.165, 1.54) is 11.1 Å². The van der Waals surface area contributed by atoms with Crippen molar-refractivity contribution >= 4 is 45.8 Å². The lowest BCUT2D eigenvalue weighted by Crippen LogP contribution is -3.06. The highest BCUT2D eigenvalue weighted by molar-refractivity contribution is 6.45. The molecule has 5 nitrogen and oxygen atoms in total. The van der Waals surface area contributed by atoms with E-state index in [-0.39, 0.29) is 0 Å². The number of benzene rings is 1. The second kappa shape index (κ2) is 7.81. The van der Waals surface area contributed by atoms with Gasteiger partial charge in [0, 0.05) is 11.6 Å². The lowest BCUT2D eigenvalue weighted by atomic mass is 10.1. The second-order valence-corrected chi connectivity index (χ2v) is 6.19. The lowest BCUT2D eigenvalue weighted by molar-refractivity contribution is -0.856. The Balaban J connectivity index is 2.52. The van der Waals surface area contributed by atoms with E-state index in [0.717, 1.165) is 11.9 Å². The van der Waals surface area contributed by atoms with Crippen LogP contribution in [0.2, 0.25) is 10.0 Å². The smallest absolute Gasteiger partial charge is 0.341 e. The van der Waals surface area contributed by atoms with Gasteiger partial charge in [-0.1, -0.05) is 23.2 Å². The summed E-state index contributed by atoms with van der Waals surface area (Å²) in [7, 11) is 4.13. The van der Waals surface area contributed by atoms with E-state index in [1.807, 2.05) is 6.07 Å². The van der Waals surface area contributed by atoms with Gasteiger partial charge in [-0.05, 0) is 19.1 Å². The van der Waals surface area contributed by atoms with Crippen LogP contribution in [0.25, 0.3) is 10.9 Å². The molecule has 0 aliphatic heterocycles. The van der Waals surface area contributed by atoms with Crippen molar-refractivity contribution in [1.82, 2.24) is 4.98 Å². The Morgan fingerprint density at radius 1 is 1.35 bits per heavy atom. The Morgan fingerprint density at radius 3 is 2.74 bits per heavy atom. The molecule has 0 fully saturated rings. The number of carbonyl (C=O) groups is 1. The molecular weight excluding hydrogens is 337 g/mol. The molecule has 0 amide bonds. The number of ether oxygens (including phenoxy) is 1. The van der Waals surface area contributed by atoms with Gasteiger partial charge in [0.2, 0.25) is 0 Å². The minimum Gasteiger partial charge on any atom is -0.462 e. The first kappa shape index (κ1) is 17.8. The second-order valence-electron chi connectivity index (χ2n) is 5.41. The van der Waals surface area contributed by atoms with Crippen LogP contribution in [0.3, 0.4) is 0 Å². The van der Waals surface area contributed by atoms with E-state index in [0.29, 0.717) is 40.0 Å². The molecule has 0 saturated carbocycles. The molecule has 0 aliphatic rings. The van der Waals surface area contributed by atoms with Crippen molar-refractivity contribution in [2.24, 2.45) is 0 Å². The van der Waals surface area contributed by atoms with E-state index in [9.17, 15) is 4.79 Å². The molecule has 1 aromatic heterocycles. The molecule has 2 N–H and O–H groups in total. The van der Waals surface area contributed by atoms with Crippen LogP contribution in [0.1, 0.15) is 17.3 Å². The first-order chi connectivity index (χ1) is 11.0. The summed E-state index contributed by atoms with van der Waals surface area (Å²) in [5.74, 6) is -0.410. The van der Waals surface area contributed by atoms with Gasteiger partial charge >= 0.3 is 5.97 Å². The number of carbonyl (C=O) groups excluding carboxylic acids is 1. The molecule has 1 aromatic carbocycles. The van der Waals surface area contributed by atoms with Crippen molar-refractivity contribution in [2.45, 2.75) is 6.92 Å². The number of fused-ring (bicyclic) bond motifs is 1. The van der Waals surface area contributed by atoms with Gasteiger partial charge in [-0.2, -0.15) is 0 Å². The SMILES string of the molecule is CCOC(=O)c1cnc2c(Cl)c(Cl)ccc2c1NCC[NH+](C)C. The van der Waals surface area contributed by atoms with Crippen LogP contribution in [0.5, 0.6) is 0 Å². The summed E-state index contributed by atoms with van der Waals surface area (Å²) in [5, 5.41) is 4.86. The topological polar surface area (TPSA) is 55.7 Å². The lowest BCUT2D eigenvalue weighted by Gasteiger charge is -2.15. The van der Waals surface area contributed by atoms with Crippen molar-refractivity contribution in [3.8, 4) is 0 Å². The number of likely N-dealkylation sites (N-methyl/N-ethyl adjacent to an activating group) is 1. The Morgan fingerprint density at radius 2 is 2.09 bits per heavy atom. The van der Waals surface area contributed by atoms with Gasteiger partial charge in [-0.3, -0.25) is 4.98 Å². The Bertz CT molecular complexity index is 720. The van der Waals surface area contributed by atoms with Crippen molar-refractivity contribution < 1.29 is 14.4 Å². The molecule has 0 saturated heterocycles. The number of esters is 1. The maximum absolute atomic E-state index is 12.2. The molecule has 0 radical (unpaired) electrons. The zero-order valence-corrected chi connectivity index (χ0v) is 14.9. The Kier molecular flexibility index (Phi) is 6.04. The standard InChI is InChI=1S/C16H19Cl2N3O2/c1-4-23-16(22)11-9-20-15-10(5-6-12(17)13(15)18)14(11)19-7-8-21(2)3/h5-6,9H,4,7-8H2,1-3H3,(H,19,20)/p+1. The van der Waals surface area contributed by atoms with Gasteiger partial charge in [0.1, 0.15) is 5.56 Å². The average Bonchev–Trinajstić information content (AvgIpc) is 2.51. The van der Waals surface area contributed by atoms with Gasteiger partial charge in [0.15, 0.2) is 0 Å². The van der Waals surface area contributed by atoms with Crippen LogP contribution < -0.4 is 10.2 Å². The maximum atomic E-state index is 12.2. The first-order valence-corrected chi connectivity index (χ1v) is 8.18. The number of nitrogens with zero attached hydrogens (tertiary/aromatic N) is 1. The Hall–Kier alpha value is -1.56. The average molecular weight is 357 g/mol. The molecule has 2 rings (SSSR count). The normalized spacial score (nSPS) is 11.0. The molecule has 0 spiro atoms.